The molecule has 0 radical (unpaired) electrons. The second kappa shape index (κ2) is 12.5. The summed E-state index contributed by atoms with van der Waals surface area (Å²) in [5.41, 5.74) is 31.5. The average Bonchev–Trinajstić information content (AvgIpc) is 4.01. The van der Waals surface area contributed by atoms with Crippen LogP contribution in [-0.4, -0.2) is 12.3 Å². The maximum Gasteiger partial charge on any atom is 0.248 e. The molecule has 1 saturated carbocycles. The number of fused-ring (bicyclic) bond motifs is 17. The van der Waals surface area contributed by atoms with Gasteiger partial charge in [-0.15, -0.1) is 0 Å². The van der Waals surface area contributed by atoms with E-state index in [0.29, 0.717) is 0 Å². The summed E-state index contributed by atoms with van der Waals surface area (Å²) >= 11 is 0. The van der Waals surface area contributed by atoms with Crippen molar-refractivity contribution in [2.24, 2.45) is 0 Å². The fourth-order valence-corrected chi connectivity index (χ4v) is 15.7. The molecule has 2 nitrogen and oxygen atoms in total. The van der Waals surface area contributed by atoms with Crippen molar-refractivity contribution in [3.05, 3.63) is 191 Å². The van der Waals surface area contributed by atoms with Gasteiger partial charge in [-0.25, -0.2) is 0 Å². The summed E-state index contributed by atoms with van der Waals surface area (Å²) in [6.45, 7) is 19.8. The van der Waals surface area contributed by atoms with E-state index in [4.69, 9.17) is 0 Å². The van der Waals surface area contributed by atoms with E-state index in [1.165, 1.54) is 148 Å². The van der Waals surface area contributed by atoms with E-state index in [-0.39, 0.29) is 33.9 Å². The third-order valence-corrected chi connectivity index (χ3v) is 19.4. The molecule has 0 N–H and O–H groups in total. The molecular formula is C65H57BN2. The van der Waals surface area contributed by atoms with Gasteiger partial charge in [-0.3, -0.25) is 0 Å². The second-order valence-electron chi connectivity index (χ2n) is 23.5. The van der Waals surface area contributed by atoms with Crippen LogP contribution in [0.1, 0.15) is 120 Å². The third kappa shape index (κ3) is 4.50. The van der Waals surface area contributed by atoms with Gasteiger partial charge in [0.25, 0.3) is 0 Å². The molecule has 68 heavy (non-hydrogen) atoms. The van der Waals surface area contributed by atoms with Crippen LogP contribution in [0.25, 0.3) is 44.5 Å². The molecule has 0 saturated heterocycles. The van der Waals surface area contributed by atoms with Gasteiger partial charge in [0.2, 0.25) is 6.71 Å². The highest BCUT2D eigenvalue weighted by Gasteiger charge is 2.58. The van der Waals surface area contributed by atoms with E-state index in [1.54, 1.807) is 0 Å². The van der Waals surface area contributed by atoms with Crippen molar-refractivity contribution < 1.29 is 0 Å². The highest BCUT2D eigenvalue weighted by Crippen LogP contribution is 2.62. The van der Waals surface area contributed by atoms with E-state index >= 15 is 0 Å². The van der Waals surface area contributed by atoms with Gasteiger partial charge in [-0.05, 0) is 157 Å². The van der Waals surface area contributed by atoms with E-state index in [0.717, 1.165) is 6.42 Å². The number of rotatable bonds is 2. The number of benzene rings is 8. The van der Waals surface area contributed by atoms with Crippen LogP contribution in [0, 0.1) is 0 Å². The number of anilines is 5. The second-order valence-corrected chi connectivity index (χ2v) is 23.5. The highest BCUT2D eigenvalue weighted by atomic mass is 15.3. The molecule has 8 aromatic rings. The SMILES string of the molecule is CC1(C)c2ccccc2-c2cc(N3c4cc5c(cc4B4c6cc7c(cc6-c6cc(N8c9ccccc9C9(C)CCCCC89C)cc3c64)-c3ccccc3C7(C)C)C(C)(C)c3ccccc3-5)ccc21. The Labute approximate surface area is 402 Å². The lowest BCUT2D eigenvalue weighted by Gasteiger charge is -2.50. The minimum atomic E-state index is -0.129. The Balaban J connectivity index is 1.07. The van der Waals surface area contributed by atoms with Gasteiger partial charge in [0.1, 0.15) is 0 Å². The predicted molar refractivity (Wildman–Crippen MR) is 287 cm³/mol. The van der Waals surface area contributed by atoms with Gasteiger partial charge in [0.05, 0.1) is 5.54 Å². The largest absolute Gasteiger partial charge is 0.334 e. The quantitative estimate of drug-likeness (QED) is 0.160. The molecule has 3 heterocycles. The zero-order chi connectivity index (χ0) is 46.0. The van der Waals surface area contributed by atoms with E-state index < -0.39 is 0 Å². The Hall–Kier alpha value is -6.58. The first kappa shape index (κ1) is 39.4. The first-order valence-electron chi connectivity index (χ1n) is 25.4. The molecule has 0 amide bonds. The van der Waals surface area contributed by atoms with E-state index in [2.05, 4.69) is 217 Å². The highest BCUT2D eigenvalue weighted by molar-refractivity contribution is 7.01. The molecule has 1 fully saturated rings. The lowest BCUT2D eigenvalue weighted by molar-refractivity contribution is 0.195. The Kier molecular flexibility index (Phi) is 7.27. The minimum Gasteiger partial charge on any atom is -0.334 e. The normalized spacial score (nSPS) is 22.3. The standard InChI is InChI=1S/C65H57BN2/c1-61(2)48-22-12-9-19-40(48)43-31-38(27-28-51(43)61)67-58-35-45-42-21-11-14-24-50(42)63(5,6)54(45)37-56(58)66-55-36-53-44(41-20-10-13-23-49(41)62(53,3)4)34-46(55)47-32-39(33-59(67)60(47)66)68-57-26-16-15-25-52(57)64(7)29-17-18-30-65(64,68)8/h9-16,19-28,31-37H,17-18,29-30H2,1-8H3. The first-order valence-corrected chi connectivity index (χ1v) is 25.4. The summed E-state index contributed by atoms with van der Waals surface area (Å²) in [6.07, 6.45) is 4.89. The third-order valence-electron chi connectivity index (χ3n) is 19.4. The first-order chi connectivity index (χ1) is 32.7. The van der Waals surface area contributed by atoms with Gasteiger partial charge >= 0.3 is 0 Å². The Morgan fingerprint density at radius 1 is 0.368 bits per heavy atom. The zero-order valence-electron chi connectivity index (χ0n) is 40.7. The van der Waals surface area contributed by atoms with Crippen molar-refractivity contribution in [3.8, 4) is 44.5 Å². The molecule has 8 aromatic carbocycles. The summed E-state index contributed by atoms with van der Waals surface area (Å²) in [4.78, 5) is 5.52. The molecular weight excluding hydrogens is 820 g/mol. The molecule has 15 rings (SSSR count). The molecule has 330 valence electrons. The van der Waals surface area contributed by atoms with E-state index in [9.17, 15) is 0 Å². The monoisotopic (exact) mass is 876 g/mol. The summed E-state index contributed by atoms with van der Waals surface area (Å²) in [5.74, 6) is 0. The molecule has 3 heteroatoms. The van der Waals surface area contributed by atoms with Crippen molar-refractivity contribution in [1.29, 1.82) is 0 Å². The average molecular weight is 877 g/mol. The molecule has 3 aliphatic heterocycles. The maximum atomic E-state index is 2.81. The number of hydrogen-bond acceptors (Lipinski definition) is 2. The van der Waals surface area contributed by atoms with Crippen LogP contribution < -0.4 is 26.2 Å². The molecule has 2 atom stereocenters. The number of hydrogen-bond donors (Lipinski definition) is 0. The zero-order valence-corrected chi connectivity index (χ0v) is 40.7. The molecule has 0 aromatic heterocycles. The van der Waals surface area contributed by atoms with Crippen molar-refractivity contribution >= 4 is 51.5 Å². The van der Waals surface area contributed by atoms with Gasteiger partial charge < -0.3 is 9.80 Å². The molecule has 4 aliphatic carbocycles. The fraction of sp³-hybridized carbons (Fsp3) is 0.262. The summed E-state index contributed by atoms with van der Waals surface area (Å²) in [7, 11) is 0. The van der Waals surface area contributed by atoms with E-state index in [1.807, 2.05) is 0 Å². The fourth-order valence-electron chi connectivity index (χ4n) is 15.7. The number of para-hydroxylation sites is 1. The van der Waals surface area contributed by atoms with Crippen molar-refractivity contribution in [1.82, 2.24) is 0 Å². The van der Waals surface area contributed by atoms with Crippen LogP contribution in [-0.2, 0) is 21.7 Å². The topological polar surface area (TPSA) is 6.48 Å². The van der Waals surface area contributed by atoms with Gasteiger partial charge in [0.15, 0.2) is 0 Å². The summed E-state index contributed by atoms with van der Waals surface area (Å²) in [6, 6.07) is 60.2. The maximum absolute atomic E-state index is 2.81. The van der Waals surface area contributed by atoms with Crippen LogP contribution in [0.2, 0.25) is 0 Å². The Morgan fingerprint density at radius 3 is 1.54 bits per heavy atom. The molecule has 7 aliphatic rings. The molecule has 0 bridgehead atoms. The lowest BCUT2D eigenvalue weighted by atomic mass is 9.36. The van der Waals surface area contributed by atoms with Gasteiger partial charge in [0, 0.05) is 50.1 Å². The Bertz CT molecular complexity index is 3630. The van der Waals surface area contributed by atoms with Crippen LogP contribution in [0.3, 0.4) is 0 Å². The van der Waals surface area contributed by atoms with Crippen LogP contribution in [0.4, 0.5) is 28.4 Å². The molecule has 0 spiro atoms. The van der Waals surface area contributed by atoms with Crippen molar-refractivity contribution in [2.45, 2.75) is 108 Å². The minimum absolute atomic E-state index is 0.0435. The molecule has 2 unspecified atom stereocenters. The lowest BCUT2D eigenvalue weighted by Crippen LogP contribution is -2.56. The predicted octanol–water partition coefficient (Wildman–Crippen LogP) is 14.6. The van der Waals surface area contributed by atoms with Crippen LogP contribution in [0.5, 0.6) is 0 Å². The van der Waals surface area contributed by atoms with Gasteiger partial charge in [-0.2, -0.15) is 0 Å². The smallest absolute Gasteiger partial charge is 0.248 e. The van der Waals surface area contributed by atoms with Crippen LogP contribution >= 0.6 is 0 Å². The Morgan fingerprint density at radius 2 is 0.882 bits per heavy atom. The van der Waals surface area contributed by atoms with Crippen LogP contribution in [0.15, 0.2) is 152 Å². The van der Waals surface area contributed by atoms with Crippen molar-refractivity contribution in [3.63, 3.8) is 0 Å². The summed E-state index contributed by atoms with van der Waals surface area (Å²) in [5, 5.41) is 0. The van der Waals surface area contributed by atoms with Crippen molar-refractivity contribution in [2.75, 3.05) is 9.80 Å². The van der Waals surface area contributed by atoms with Gasteiger partial charge in [-0.1, -0.05) is 176 Å². The summed E-state index contributed by atoms with van der Waals surface area (Å²) < 4.78 is 0. The number of nitrogens with zero attached hydrogens (tertiary/aromatic N) is 2.